The largest absolute Gasteiger partial charge is 0.496 e. The first-order valence-corrected chi connectivity index (χ1v) is 8.30. The monoisotopic (exact) mass is 345 g/mol. The van der Waals surface area contributed by atoms with E-state index in [1.165, 1.54) is 0 Å². The molecule has 25 heavy (non-hydrogen) atoms. The summed E-state index contributed by atoms with van der Waals surface area (Å²) in [5, 5.41) is 5.90. The Balaban J connectivity index is 1.91. The molecule has 136 valence electrons. The van der Waals surface area contributed by atoms with Crippen molar-refractivity contribution in [3.63, 3.8) is 0 Å². The van der Waals surface area contributed by atoms with Gasteiger partial charge in [-0.05, 0) is 27.1 Å². The summed E-state index contributed by atoms with van der Waals surface area (Å²) < 4.78 is 7.38. The van der Waals surface area contributed by atoms with E-state index in [1.807, 2.05) is 56.0 Å². The van der Waals surface area contributed by atoms with E-state index in [1.54, 1.807) is 19.6 Å². The molecule has 2 aromatic rings. The van der Waals surface area contributed by atoms with Crippen LogP contribution in [0.25, 0.3) is 0 Å². The minimum absolute atomic E-state index is 0.00160. The SMILES string of the molecule is COc1ccccc1[C@@H](CNC(=O)N[C@H](C)Cn1ccnc1)N(C)C. The number of carbonyl (C=O) groups excluding carboxylic acids is 1. The fourth-order valence-electron chi connectivity index (χ4n) is 2.73. The van der Waals surface area contributed by atoms with Crippen LogP contribution in [0.4, 0.5) is 4.79 Å². The summed E-state index contributed by atoms with van der Waals surface area (Å²) in [5.41, 5.74) is 1.04. The van der Waals surface area contributed by atoms with Crippen LogP contribution in [0.3, 0.4) is 0 Å². The van der Waals surface area contributed by atoms with Crippen LogP contribution in [-0.2, 0) is 6.54 Å². The Hall–Kier alpha value is -2.54. The number of ether oxygens (including phenoxy) is 1. The van der Waals surface area contributed by atoms with Gasteiger partial charge in [0.2, 0.25) is 0 Å². The number of likely N-dealkylation sites (N-methyl/N-ethyl adjacent to an activating group) is 1. The second-order valence-corrected chi connectivity index (χ2v) is 6.24. The zero-order valence-electron chi connectivity index (χ0n) is 15.3. The molecule has 2 N–H and O–H groups in total. The summed E-state index contributed by atoms with van der Waals surface area (Å²) in [6.07, 6.45) is 5.33. The molecule has 2 atom stereocenters. The molecule has 0 bridgehead atoms. The molecule has 0 spiro atoms. The number of para-hydroxylation sites is 1. The molecular weight excluding hydrogens is 318 g/mol. The summed E-state index contributed by atoms with van der Waals surface area (Å²) in [6.45, 7) is 3.12. The Bertz CT molecular complexity index is 657. The van der Waals surface area contributed by atoms with Gasteiger partial charge in [0, 0.05) is 37.1 Å². The summed E-state index contributed by atoms with van der Waals surface area (Å²) >= 11 is 0. The van der Waals surface area contributed by atoms with Crippen LogP contribution in [0.5, 0.6) is 5.75 Å². The van der Waals surface area contributed by atoms with E-state index in [0.717, 1.165) is 11.3 Å². The van der Waals surface area contributed by atoms with E-state index in [2.05, 4.69) is 20.5 Å². The Kier molecular flexibility index (Phi) is 6.82. The van der Waals surface area contributed by atoms with Gasteiger partial charge < -0.3 is 24.8 Å². The quantitative estimate of drug-likeness (QED) is 0.766. The average molecular weight is 345 g/mol. The fraction of sp³-hybridized carbons (Fsp3) is 0.444. The van der Waals surface area contributed by atoms with Crippen LogP contribution in [0.2, 0.25) is 0 Å². The number of hydrogen-bond donors (Lipinski definition) is 2. The Morgan fingerprint density at radius 1 is 1.36 bits per heavy atom. The molecule has 0 unspecified atom stereocenters. The molecule has 0 aliphatic carbocycles. The second kappa shape index (κ2) is 9.08. The molecular formula is C18H27N5O2. The number of carbonyl (C=O) groups is 1. The number of imidazole rings is 1. The summed E-state index contributed by atoms with van der Waals surface area (Å²) in [5.74, 6) is 0.817. The minimum Gasteiger partial charge on any atom is -0.496 e. The lowest BCUT2D eigenvalue weighted by atomic mass is 10.0. The number of methoxy groups -OCH3 is 1. The van der Waals surface area contributed by atoms with E-state index in [0.29, 0.717) is 13.1 Å². The van der Waals surface area contributed by atoms with Crippen molar-refractivity contribution in [2.24, 2.45) is 0 Å². The number of amides is 2. The summed E-state index contributed by atoms with van der Waals surface area (Å²) in [4.78, 5) is 18.3. The molecule has 2 amide bonds. The maximum atomic E-state index is 12.2. The third-order valence-corrected chi connectivity index (χ3v) is 4.00. The predicted octanol–water partition coefficient (Wildman–Crippen LogP) is 1.88. The van der Waals surface area contributed by atoms with Gasteiger partial charge in [0.25, 0.3) is 0 Å². The lowest BCUT2D eigenvalue weighted by Crippen LogP contribution is -2.45. The molecule has 7 nitrogen and oxygen atoms in total. The maximum absolute atomic E-state index is 12.2. The number of aromatic nitrogens is 2. The van der Waals surface area contributed by atoms with Gasteiger partial charge in [-0.3, -0.25) is 0 Å². The zero-order chi connectivity index (χ0) is 18.2. The zero-order valence-corrected chi connectivity index (χ0v) is 15.3. The van der Waals surface area contributed by atoms with Crippen LogP contribution in [0, 0.1) is 0 Å². The van der Waals surface area contributed by atoms with E-state index < -0.39 is 0 Å². The first kappa shape index (κ1) is 18.8. The Morgan fingerprint density at radius 2 is 2.12 bits per heavy atom. The molecule has 0 radical (unpaired) electrons. The topological polar surface area (TPSA) is 71.4 Å². The van der Waals surface area contributed by atoms with Gasteiger partial charge in [0.1, 0.15) is 5.75 Å². The summed E-state index contributed by atoms with van der Waals surface area (Å²) in [7, 11) is 5.63. The van der Waals surface area contributed by atoms with Crippen LogP contribution in [0.15, 0.2) is 43.0 Å². The average Bonchev–Trinajstić information content (AvgIpc) is 3.07. The standard InChI is InChI=1S/C18H27N5O2/c1-14(12-23-10-9-19-13-23)21-18(24)20-11-16(22(2)3)15-7-5-6-8-17(15)25-4/h5-10,13-14,16H,11-12H2,1-4H3,(H2,20,21,24)/t14-,16-/m1/s1. The number of nitrogens with zero attached hydrogens (tertiary/aromatic N) is 3. The maximum Gasteiger partial charge on any atom is 0.315 e. The Morgan fingerprint density at radius 3 is 2.76 bits per heavy atom. The number of urea groups is 1. The highest BCUT2D eigenvalue weighted by atomic mass is 16.5. The first-order valence-electron chi connectivity index (χ1n) is 8.30. The van der Waals surface area contributed by atoms with Crippen molar-refractivity contribution < 1.29 is 9.53 Å². The van der Waals surface area contributed by atoms with Crippen LogP contribution in [0.1, 0.15) is 18.5 Å². The number of hydrogen-bond acceptors (Lipinski definition) is 4. The predicted molar refractivity (Wildman–Crippen MR) is 97.6 cm³/mol. The molecule has 1 aromatic carbocycles. The molecule has 0 saturated heterocycles. The third-order valence-electron chi connectivity index (χ3n) is 4.00. The van der Waals surface area contributed by atoms with Gasteiger partial charge in [-0.2, -0.15) is 0 Å². The van der Waals surface area contributed by atoms with Gasteiger partial charge in [0.05, 0.1) is 19.5 Å². The van der Waals surface area contributed by atoms with Gasteiger partial charge in [0.15, 0.2) is 0 Å². The fourth-order valence-corrected chi connectivity index (χ4v) is 2.73. The molecule has 0 aliphatic heterocycles. The Labute approximate surface area is 149 Å². The minimum atomic E-state index is -0.186. The van der Waals surface area contributed by atoms with Gasteiger partial charge in [-0.15, -0.1) is 0 Å². The van der Waals surface area contributed by atoms with E-state index in [-0.39, 0.29) is 18.1 Å². The van der Waals surface area contributed by atoms with Crippen molar-refractivity contribution in [3.8, 4) is 5.75 Å². The smallest absolute Gasteiger partial charge is 0.315 e. The molecule has 0 aliphatic rings. The van der Waals surface area contributed by atoms with Crippen molar-refractivity contribution in [3.05, 3.63) is 48.5 Å². The van der Waals surface area contributed by atoms with Crippen LogP contribution < -0.4 is 15.4 Å². The highest BCUT2D eigenvalue weighted by Crippen LogP contribution is 2.27. The van der Waals surface area contributed by atoms with E-state index >= 15 is 0 Å². The molecule has 0 saturated carbocycles. The first-order chi connectivity index (χ1) is 12.0. The molecule has 1 aromatic heterocycles. The lowest BCUT2D eigenvalue weighted by Gasteiger charge is -2.27. The van der Waals surface area contributed by atoms with Crippen molar-refractivity contribution in [2.75, 3.05) is 27.7 Å². The van der Waals surface area contributed by atoms with Crippen molar-refractivity contribution in [1.29, 1.82) is 0 Å². The van der Waals surface area contributed by atoms with Crippen molar-refractivity contribution in [1.82, 2.24) is 25.1 Å². The van der Waals surface area contributed by atoms with Gasteiger partial charge >= 0.3 is 6.03 Å². The second-order valence-electron chi connectivity index (χ2n) is 6.24. The molecule has 2 rings (SSSR count). The lowest BCUT2D eigenvalue weighted by molar-refractivity contribution is 0.228. The van der Waals surface area contributed by atoms with Crippen molar-refractivity contribution >= 4 is 6.03 Å². The molecule has 7 heteroatoms. The number of benzene rings is 1. The number of nitrogens with one attached hydrogen (secondary N) is 2. The highest BCUT2D eigenvalue weighted by molar-refractivity contribution is 5.74. The van der Waals surface area contributed by atoms with Gasteiger partial charge in [-0.1, -0.05) is 18.2 Å². The van der Waals surface area contributed by atoms with Crippen molar-refractivity contribution in [2.45, 2.75) is 25.6 Å². The normalized spacial score (nSPS) is 13.3. The summed E-state index contributed by atoms with van der Waals surface area (Å²) in [6, 6.07) is 7.69. The third kappa shape index (κ3) is 5.49. The number of rotatable bonds is 8. The molecule has 1 heterocycles. The van der Waals surface area contributed by atoms with Crippen LogP contribution in [-0.4, -0.2) is 54.3 Å². The van der Waals surface area contributed by atoms with E-state index in [4.69, 9.17) is 4.74 Å². The highest BCUT2D eigenvalue weighted by Gasteiger charge is 2.19. The van der Waals surface area contributed by atoms with E-state index in [9.17, 15) is 4.79 Å². The molecule has 0 fully saturated rings. The van der Waals surface area contributed by atoms with Gasteiger partial charge in [-0.25, -0.2) is 9.78 Å². The van der Waals surface area contributed by atoms with Crippen LogP contribution >= 0.6 is 0 Å².